The third-order valence-corrected chi connectivity index (χ3v) is 4.37. The number of carbonyl (C=O) groups excluding carboxylic acids is 1. The van der Waals surface area contributed by atoms with Gasteiger partial charge in [0, 0.05) is 10.6 Å². The van der Waals surface area contributed by atoms with Gasteiger partial charge in [-0.05, 0) is 54.7 Å². The molecule has 0 aliphatic carbocycles. The lowest BCUT2D eigenvalue weighted by atomic mass is 10.2. The molecule has 3 rings (SSSR count). The summed E-state index contributed by atoms with van der Waals surface area (Å²) in [6, 6.07) is 13.8. The highest BCUT2D eigenvalue weighted by atomic mass is 35.5. The van der Waals surface area contributed by atoms with E-state index < -0.39 is 12.5 Å². The fraction of sp³-hybridized carbons (Fsp3) is 0.0526. The van der Waals surface area contributed by atoms with Crippen LogP contribution in [-0.4, -0.2) is 17.6 Å². The van der Waals surface area contributed by atoms with E-state index in [4.69, 9.17) is 39.8 Å². The van der Waals surface area contributed by atoms with Crippen molar-refractivity contribution in [2.75, 3.05) is 5.32 Å². The van der Waals surface area contributed by atoms with Crippen LogP contribution in [0.5, 0.6) is 5.75 Å². The molecule has 0 atom stereocenters. The van der Waals surface area contributed by atoms with Gasteiger partial charge in [-0.1, -0.05) is 35.3 Å². The topological polar surface area (TPSA) is 63.5 Å². The molecule has 0 radical (unpaired) electrons. The number of carbonyl (C=O) groups is 1. The van der Waals surface area contributed by atoms with Crippen LogP contribution >= 0.6 is 35.4 Å². The summed E-state index contributed by atoms with van der Waals surface area (Å²) in [5.74, 6) is -0.441. The SMILES string of the molecule is O=C(NC(=S)Nc1ccccc1OC(F)F)c1ccc(-c2cc(Cl)ccc2Cl)o1. The number of halogens is 4. The van der Waals surface area contributed by atoms with Crippen molar-refractivity contribution in [3.8, 4) is 17.1 Å². The first kappa shape index (κ1) is 21.0. The summed E-state index contributed by atoms with van der Waals surface area (Å²) in [6.45, 7) is -3.00. The fourth-order valence-corrected chi connectivity index (χ4v) is 2.96. The zero-order chi connectivity index (χ0) is 21.0. The molecule has 0 fully saturated rings. The molecule has 1 heterocycles. The molecule has 150 valence electrons. The second-order valence-electron chi connectivity index (χ2n) is 5.57. The first-order chi connectivity index (χ1) is 13.8. The van der Waals surface area contributed by atoms with Gasteiger partial charge >= 0.3 is 6.61 Å². The van der Waals surface area contributed by atoms with E-state index in [-0.39, 0.29) is 22.3 Å². The first-order valence-electron chi connectivity index (χ1n) is 8.05. The molecule has 1 amide bonds. The number of nitrogens with one attached hydrogen (secondary N) is 2. The maximum Gasteiger partial charge on any atom is 0.387 e. The number of para-hydroxylation sites is 2. The number of anilines is 1. The van der Waals surface area contributed by atoms with Crippen LogP contribution in [0.2, 0.25) is 10.0 Å². The van der Waals surface area contributed by atoms with Crippen molar-refractivity contribution in [3.05, 3.63) is 70.4 Å². The van der Waals surface area contributed by atoms with Crippen LogP contribution in [-0.2, 0) is 0 Å². The maximum atomic E-state index is 12.5. The van der Waals surface area contributed by atoms with E-state index in [2.05, 4.69) is 15.4 Å². The summed E-state index contributed by atoms with van der Waals surface area (Å²) < 4.78 is 34.9. The van der Waals surface area contributed by atoms with Gasteiger partial charge in [-0.2, -0.15) is 8.78 Å². The van der Waals surface area contributed by atoms with Crippen LogP contribution in [0.15, 0.2) is 59.0 Å². The summed E-state index contributed by atoms with van der Waals surface area (Å²) in [6.07, 6.45) is 0. The van der Waals surface area contributed by atoms with Crippen molar-refractivity contribution in [1.29, 1.82) is 0 Å². The van der Waals surface area contributed by atoms with Crippen LogP contribution in [0.25, 0.3) is 11.3 Å². The number of hydrogen-bond donors (Lipinski definition) is 2. The van der Waals surface area contributed by atoms with E-state index in [9.17, 15) is 13.6 Å². The van der Waals surface area contributed by atoms with Crippen LogP contribution < -0.4 is 15.4 Å². The minimum Gasteiger partial charge on any atom is -0.451 e. The minimum absolute atomic E-state index is 0.0303. The molecule has 3 aromatic rings. The predicted molar refractivity (Wildman–Crippen MR) is 111 cm³/mol. The van der Waals surface area contributed by atoms with Crippen molar-refractivity contribution in [2.24, 2.45) is 0 Å². The zero-order valence-electron chi connectivity index (χ0n) is 14.4. The number of hydrogen-bond acceptors (Lipinski definition) is 4. The summed E-state index contributed by atoms with van der Waals surface area (Å²) in [4.78, 5) is 12.4. The highest BCUT2D eigenvalue weighted by Crippen LogP contribution is 2.32. The number of furan rings is 1. The molecule has 0 bridgehead atoms. The fourth-order valence-electron chi connectivity index (χ4n) is 2.38. The first-order valence-corrected chi connectivity index (χ1v) is 9.21. The highest BCUT2D eigenvalue weighted by molar-refractivity contribution is 7.80. The average Bonchev–Trinajstić information content (AvgIpc) is 3.15. The standard InChI is InChI=1S/C19H12Cl2F2N2O3S/c20-10-5-6-12(21)11(9-10)14-7-8-16(27-14)17(26)25-19(29)24-13-3-1-2-4-15(13)28-18(22)23/h1-9,18H,(H2,24,25,26,29). The summed E-state index contributed by atoms with van der Waals surface area (Å²) in [5.41, 5.74) is 0.695. The third-order valence-electron chi connectivity index (χ3n) is 3.60. The molecule has 0 aliphatic rings. The Morgan fingerprint density at radius 3 is 2.62 bits per heavy atom. The van der Waals surface area contributed by atoms with Gasteiger partial charge in [-0.15, -0.1) is 0 Å². The monoisotopic (exact) mass is 456 g/mol. The lowest BCUT2D eigenvalue weighted by molar-refractivity contribution is -0.0493. The Hall–Kier alpha value is -2.68. The van der Waals surface area contributed by atoms with Crippen molar-refractivity contribution < 1.29 is 22.7 Å². The van der Waals surface area contributed by atoms with E-state index in [1.165, 1.54) is 24.3 Å². The van der Waals surface area contributed by atoms with E-state index in [1.807, 2.05) is 0 Å². The summed E-state index contributed by atoms with van der Waals surface area (Å²) in [5, 5.41) is 5.77. The molecular formula is C19H12Cl2F2N2O3S. The van der Waals surface area contributed by atoms with Crippen molar-refractivity contribution in [1.82, 2.24) is 5.32 Å². The smallest absolute Gasteiger partial charge is 0.387 e. The Kier molecular flexibility index (Phi) is 6.68. The van der Waals surface area contributed by atoms with E-state index in [1.54, 1.807) is 30.3 Å². The van der Waals surface area contributed by atoms with Crippen LogP contribution in [0.1, 0.15) is 10.6 Å². The number of thiocarbonyl (C=S) groups is 1. The molecule has 2 aromatic carbocycles. The van der Waals surface area contributed by atoms with Crippen molar-refractivity contribution >= 4 is 52.1 Å². The summed E-state index contributed by atoms with van der Waals surface area (Å²) in [7, 11) is 0. The predicted octanol–water partition coefficient (Wildman–Crippen LogP) is 5.98. The molecule has 29 heavy (non-hydrogen) atoms. The van der Waals surface area contributed by atoms with E-state index in [0.29, 0.717) is 21.4 Å². The molecule has 0 saturated carbocycles. The molecule has 10 heteroatoms. The molecule has 0 saturated heterocycles. The van der Waals surface area contributed by atoms with Gasteiger partial charge in [-0.25, -0.2) is 0 Å². The van der Waals surface area contributed by atoms with Gasteiger partial charge in [0.15, 0.2) is 10.9 Å². The third kappa shape index (κ3) is 5.44. The minimum atomic E-state index is -3.00. The Morgan fingerprint density at radius 1 is 1.10 bits per heavy atom. The van der Waals surface area contributed by atoms with Gasteiger partial charge < -0.3 is 14.5 Å². The van der Waals surface area contributed by atoms with Crippen LogP contribution in [0.3, 0.4) is 0 Å². The molecule has 5 nitrogen and oxygen atoms in total. The van der Waals surface area contributed by atoms with E-state index >= 15 is 0 Å². The van der Waals surface area contributed by atoms with Crippen LogP contribution in [0.4, 0.5) is 14.5 Å². The number of amides is 1. The number of alkyl halides is 2. The molecule has 0 unspecified atom stereocenters. The highest BCUT2D eigenvalue weighted by Gasteiger charge is 2.16. The van der Waals surface area contributed by atoms with Gasteiger partial charge in [0.1, 0.15) is 11.5 Å². The average molecular weight is 457 g/mol. The normalized spacial score (nSPS) is 10.7. The molecular weight excluding hydrogens is 445 g/mol. The van der Waals surface area contributed by atoms with Gasteiger partial charge in [0.25, 0.3) is 5.91 Å². The molecule has 1 aromatic heterocycles. The second kappa shape index (κ2) is 9.21. The number of ether oxygens (including phenoxy) is 1. The van der Waals surface area contributed by atoms with Crippen LogP contribution in [0, 0.1) is 0 Å². The second-order valence-corrected chi connectivity index (χ2v) is 6.82. The Bertz CT molecular complexity index is 1060. The number of benzene rings is 2. The maximum absolute atomic E-state index is 12.5. The molecule has 2 N–H and O–H groups in total. The number of rotatable bonds is 5. The zero-order valence-corrected chi connectivity index (χ0v) is 16.7. The van der Waals surface area contributed by atoms with Gasteiger partial charge in [0.2, 0.25) is 0 Å². The lowest BCUT2D eigenvalue weighted by Crippen LogP contribution is -2.34. The van der Waals surface area contributed by atoms with Crippen molar-refractivity contribution in [3.63, 3.8) is 0 Å². The molecule has 0 spiro atoms. The lowest BCUT2D eigenvalue weighted by Gasteiger charge is -2.13. The molecule has 0 aliphatic heterocycles. The largest absolute Gasteiger partial charge is 0.451 e. The Labute approximate surface area is 179 Å². The summed E-state index contributed by atoms with van der Waals surface area (Å²) >= 11 is 17.2. The van der Waals surface area contributed by atoms with Crippen molar-refractivity contribution in [2.45, 2.75) is 6.61 Å². The van der Waals surface area contributed by atoms with Gasteiger partial charge in [0.05, 0.1) is 10.7 Å². The van der Waals surface area contributed by atoms with E-state index in [0.717, 1.165) is 0 Å². The Morgan fingerprint density at radius 2 is 1.86 bits per heavy atom. The Balaban J connectivity index is 1.69. The quantitative estimate of drug-likeness (QED) is 0.462. The van der Waals surface area contributed by atoms with Gasteiger partial charge in [-0.3, -0.25) is 10.1 Å².